The zero-order valence-corrected chi connectivity index (χ0v) is 18.2. The molecule has 0 atom stereocenters. The van der Waals surface area contributed by atoms with Crippen LogP contribution in [0.15, 0.2) is 30.3 Å². The van der Waals surface area contributed by atoms with Gasteiger partial charge in [0.05, 0.1) is 12.3 Å². The van der Waals surface area contributed by atoms with E-state index in [0.29, 0.717) is 17.5 Å². The van der Waals surface area contributed by atoms with Crippen LogP contribution in [0, 0.1) is 6.92 Å². The molecule has 8 nitrogen and oxygen atoms in total. The molecule has 150 valence electrons. The molecule has 29 heavy (non-hydrogen) atoms. The molecule has 2 aromatic heterocycles. The largest absolute Gasteiger partial charge is 0.461 e. The monoisotopic (exact) mass is 504 g/mol. The summed E-state index contributed by atoms with van der Waals surface area (Å²) in [4.78, 5) is 21.0. The molecule has 0 fully saturated rings. The third kappa shape index (κ3) is 5.31. The minimum absolute atomic E-state index is 0.0143. The molecule has 0 aliphatic heterocycles. The van der Waals surface area contributed by atoms with Crippen LogP contribution in [0.5, 0.6) is 0 Å². The summed E-state index contributed by atoms with van der Waals surface area (Å²) >= 11 is 2.32. The van der Waals surface area contributed by atoms with Gasteiger partial charge in [-0.2, -0.15) is 5.10 Å². The zero-order valence-electron chi connectivity index (χ0n) is 16.1. The van der Waals surface area contributed by atoms with Crippen LogP contribution in [0.2, 0.25) is 0 Å². The number of esters is 1. The summed E-state index contributed by atoms with van der Waals surface area (Å²) in [6.45, 7) is 3.80. The van der Waals surface area contributed by atoms with Crippen LogP contribution in [0.4, 0.5) is 17.3 Å². The van der Waals surface area contributed by atoms with Crippen molar-refractivity contribution in [1.29, 1.82) is 0 Å². The SMILES string of the molecule is CCOC(=O)c1nc(/C=C/c2ccc(CI)cc2)nc(Nc2cc(C)n[nH]2)c1N. The minimum atomic E-state index is -0.600. The number of carbonyl (C=O) groups is 1. The van der Waals surface area contributed by atoms with Gasteiger partial charge in [-0.3, -0.25) is 5.10 Å². The highest BCUT2D eigenvalue weighted by atomic mass is 127. The minimum Gasteiger partial charge on any atom is -0.461 e. The molecule has 0 saturated carbocycles. The number of nitrogens with two attached hydrogens (primary N) is 1. The first-order valence-corrected chi connectivity index (χ1v) is 10.5. The summed E-state index contributed by atoms with van der Waals surface area (Å²) in [6.07, 6.45) is 3.60. The molecule has 3 rings (SSSR count). The molecule has 4 N–H and O–H groups in total. The number of anilines is 3. The molecule has 0 aliphatic carbocycles. The summed E-state index contributed by atoms with van der Waals surface area (Å²) in [6, 6.07) is 9.96. The Morgan fingerprint density at radius 3 is 2.66 bits per heavy atom. The second kappa shape index (κ2) is 9.50. The zero-order chi connectivity index (χ0) is 20.8. The Morgan fingerprint density at radius 2 is 2.03 bits per heavy atom. The lowest BCUT2D eigenvalue weighted by atomic mass is 10.1. The van der Waals surface area contributed by atoms with Gasteiger partial charge in [-0.15, -0.1) is 0 Å². The van der Waals surface area contributed by atoms with E-state index >= 15 is 0 Å². The topological polar surface area (TPSA) is 119 Å². The summed E-state index contributed by atoms with van der Waals surface area (Å²) in [5.74, 6) is 0.634. The van der Waals surface area contributed by atoms with Crippen LogP contribution >= 0.6 is 22.6 Å². The summed E-state index contributed by atoms with van der Waals surface area (Å²) in [5.41, 5.74) is 9.30. The first-order valence-electron chi connectivity index (χ1n) is 8.96. The van der Waals surface area contributed by atoms with Gasteiger partial charge in [0, 0.05) is 10.5 Å². The summed E-state index contributed by atoms with van der Waals surface area (Å²) < 4.78 is 6.03. The maximum absolute atomic E-state index is 12.3. The molecule has 0 radical (unpaired) electrons. The molecule has 0 spiro atoms. The van der Waals surface area contributed by atoms with Crippen LogP contribution in [-0.4, -0.2) is 32.7 Å². The van der Waals surface area contributed by atoms with Gasteiger partial charge in [0.25, 0.3) is 0 Å². The van der Waals surface area contributed by atoms with Crippen molar-refractivity contribution in [2.45, 2.75) is 18.3 Å². The number of hydrogen-bond donors (Lipinski definition) is 3. The standard InChI is InChI=1S/C20H21IN6O2/c1-3-29-20(28)18-17(22)19(25-16-10-12(2)26-27-16)24-15(23-18)9-8-13-4-6-14(11-21)7-5-13/h4-10H,3,11,22H2,1-2H3,(H2,23,24,25,26,27)/b9-8+. The van der Waals surface area contributed by atoms with E-state index in [1.807, 2.05) is 25.1 Å². The molecule has 0 amide bonds. The number of benzene rings is 1. The number of nitrogens with zero attached hydrogens (tertiary/aromatic N) is 3. The Morgan fingerprint density at radius 1 is 1.28 bits per heavy atom. The highest BCUT2D eigenvalue weighted by Gasteiger charge is 2.19. The number of rotatable bonds is 7. The smallest absolute Gasteiger partial charge is 0.359 e. The molecule has 0 saturated heterocycles. The van der Waals surface area contributed by atoms with Gasteiger partial charge in [-0.1, -0.05) is 52.9 Å². The predicted octanol–water partition coefficient (Wildman–Crippen LogP) is 4.12. The van der Waals surface area contributed by atoms with Crippen molar-refractivity contribution < 1.29 is 9.53 Å². The highest BCUT2D eigenvalue weighted by Crippen LogP contribution is 2.24. The predicted molar refractivity (Wildman–Crippen MR) is 122 cm³/mol. The number of hydrogen-bond acceptors (Lipinski definition) is 7. The summed E-state index contributed by atoms with van der Waals surface area (Å²) in [7, 11) is 0. The Hall–Kier alpha value is -2.95. The molecule has 9 heteroatoms. The van der Waals surface area contributed by atoms with Crippen molar-refractivity contribution in [3.05, 3.63) is 58.7 Å². The molecular weight excluding hydrogens is 483 g/mol. The number of aromatic amines is 1. The third-order valence-corrected chi connectivity index (χ3v) is 4.83. The Bertz CT molecular complexity index is 1030. The molecule has 2 heterocycles. The van der Waals surface area contributed by atoms with E-state index in [2.05, 4.69) is 60.2 Å². The third-order valence-electron chi connectivity index (χ3n) is 3.95. The van der Waals surface area contributed by atoms with Crippen LogP contribution in [0.3, 0.4) is 0 Å². The number of aromatic nitrogens is 4. The van der Waals surface area contributed by atoms with Crippen LogP contribution in [-0.2, 0) is 9.16 Å². The van der Waals surface area contributed by atoms with E-state index in [-0.39, 0.29) is 18.0 Å². The lowest BCUT2D eigenvalue weighted by Crippen LogP contribution is -2.14. The highest BCUT2D eigenvalue weighted by molar-refractivity contribution is 14.1. The number of H-pyrrole nitrogens is 1. The van der Waals surface area contributed by atoms with E-state index in [4.69, 9.17) is 10.5 Å². The van der Waals surface area contributed by atoms with Gasteiger partial charge >= 0.3 is 5.97 Å². The number of carbonyl (C=O) groups excluding carboxylic acids is 1. The van der Waals surface area contributed by atoms with Crippen LogP contribution < -0.4 is 11.1 Å². The normalized spacial score (nSPS) is 11.0. The molecule has 0 aliphatic rings. The molecule has 0 bridgehead atoms. The molecule has 0 unspecified atom stereocenters. The average Bonchev–Trinajstić information content (AvgIpc) is 3.13. The van der Waals surface area contributed by atoms with Gasteiger partial charge in [0.15, 0.2) is 17.3 Å². The first kappa shape index (κ1) is 20.8. The van der Waals surface area contributed by atoms with Gasteiger partial charge in [0.1, 0.15) is 11.5 Å². The lowest BCUT2D eigenvalue weighted by molar-refractivity contribution is 0.0520. The number of ether oxygens (including phenoxy) is 1. The Balaban J connectivity index is 1.95. The van der Waals surface area contributed by atoms with E-state index in [9.17, 15) is 4.79 Å². The number of nitrogens with one attached hydrogen (secondary N) is 2. The number of aryl methyl sites for hydroxylation is 1. The van der Waals surface area contributed by atoms with Crippen molar-refractivity contribution in [2.24, 2.45) is 0 Å². The van der Waals surface area contributed by atoms with E-state index in [0.717, 1.165) is 15.7 Å². The van der Waals surface area contributed by atoms with Gasteiger partial charge < -0.3 is 15.8 Å². The maximum Gasteiger partial charge on any atom is 0.359 e. The maximum atomic E-state index is 12.3. The molecule has 1 aromatic carbocycles. The van der Waals surface area contributed by atoms with Crippen LogP contribution in [0.25, 0.3) is 12.2 Å². The van der Waals surface area contributed by atoms with Crippen molar-refractivity contribution in [2.75, 3.05) is 17.7 Å². The number of nitrogen functional groups attached to an aromatic ring is 1. The fourth-order valence-corrected chi connectivity index (χ4v) is 3.02. The van der Waals surface area contributed by atoms with Gasteiger partial charge in [-0.25, -0.2) is 14.8 Å². The van der Waals surface area contributed by atoms with Crippen molar-refractivity contribution >= 4 is 58.0 Å². The van der Waals surface area contributed by atoms with E-state index in [1.54, 1.807) is 19.1 Å². The van der Waals surface area contributed by atoms with E-state index in [1.165, 1.54) is 5.56 Å². The Kier molecular flexibility index (Phi) is 6.81. The van der Waals surface area contributed by atoms with E-state index < -0.39 is 5.97 Å². The summed E-state index contributed by atoms with van der Waals surface area (Å²) in [5, 5.41) is 9.94. The Labute approximate surface area is 182 Å². The van der Waals surface area contributed by atoms with Crippen LogP contribution in [0.1, 0.15) is 40.1 Å². The average molecular weight is 504 g/mol. The van der Waals surface area contributed by atoms with Crippen molar-refractivity contribution in [1.82, 2.24) is 20.2 Å². The van der Waals surface area contributed by atoms with Gasteiger partial charge in [-0.05, 0) is 31.1 Å². The fourth-order valence-electron chi connectivity index (χ4n) is 2.51. The van der Waals surface area contributed by atoms with Crippen molar-refractivity contribution in [3.63, 3.8) is 0 Å². The second-order valence-corrected chi connectivity index (χ2v) is 6.93. The first-order chi connectivity index (χ1) is 14.0. The molecular formula is C20H21IN6O2. The van der Waals surface area contributed by atoms with Gasteiger partial charge in [0.2, 0.25) is 0 Å². The fraction of sp³-hybridized carbons (Fsp3) is 0.200. The molecule has 3 aromatic rings. The quantitative estimate of drug-likeness (QED) is 0.252. The van der Waals surface area contributed by atoms with Crippen molar-refractivity contribution in [3.8, 4) is 0 Å². The lowest BCUT2D eigenvalue weighted by Gasteiger charge is -2.11. The second-order valence-electron chi connectivity index (χ2n) is 6.17. The number of alkyl halides is 1. The number of halogens is 1.